The first kappa shape index (κ1) is 11.2. The van der Waals surface area contributed by atoms with Crippen molar-refractivity contribution in [3.8, 4) is 0 Å². The van der Waals surface area contributed by atoms with Crippen LogP contribution in [0.2, 0.25) is 0 Å². The maximum absolute atomic E-state index is 6.10. The van der Waals surface area contributed by atoms with Gasteiger partial charge in [-0.25, -0.2) is 0 Å². The molecule has 2 aliphatic heterocycles. The second-order valence-electron chi connectivity index (χ2n) is 5.69. The van der Waals surface area contributed by atoms with E-state index in [0.29, 0.717) is 18.1 Å². The van der Waals surface area contributed by atoms with E-state index >= 15 is 0 Å². The lowest BCUT2D eigenvalue weighted by atomic mass is 9.98. The van der Waals surface area contributed by atoms with Gasteiger partial charge in [0, 0.05) is 31.7 Å². The van der Waals surface area contributed by atoms with Crippen LogP contribution in [0.4, 0.5) is 0 Å². The van der Waals surface area contributed by atoms with Crippen LogP contribution in [0.5, 0.6) is 0 Å². The lowest BCUT2D eigenvalue weighted by Crippen LogP contribution is -2.47. The van der Waals surface area contributed by atoms with E-state index in [1.807, 2.05) is 11.7 Å². The predicted octanol–water partition coefficient (Wildman–Crippen LogP) is 1.18. The maximum atomic E-state index is 6.10. The average molecular weight is 234 g/mol. The summed E-state index contributed by atoms with van der Waals surface area (Å²) in [6.07, 6.45) is 5.01. The predicted molar refractivity (Wildman–Crippen MR) is 67.5 cm³/mol. The molecule has 4 nitrogen and oxygen atoms in total. The third kappa shape index (κ3) is 2.00. The molecule has 3 heterocycles. The van der Waals surface area contributed by atoms with Crippen molar-refractivity contribution in [1.82, 2.24) is 14.7 Å². The summed E-state index contributed by atoms with van der Waals surface area (Å²) < 4.78 is 2.02. The summed E-state index contributed by atoms with van der Waals surface area (Å²) in [7, 11) is 2.04. The molecule has 2 saturated heterocycles. The molecule has 94 valence electrons. The van der Waals surface area contributed by atoms with Crippen LogP contribution in [0.3, 0.4) is 0 Å². The summed E-state index contributed by atoms with van der Waals surface area (Å²) in [4.78, 5) is 2.65. The van der Waals surface area contributed by atoms with Gasteiger partial charge in [0.2, 0.25) is 0 Å². The van der Waals surface area contributed by atoms with E-state index in [1.54, 1.807) is 0 Å². The molecule has 2 N–H and O–H groups in total. The Morgan fingerprint density at radius 2 is 2.00 bits per heavy atom. The first-order valence-corrected chi connectivity index (χ1v) is 6.64. The highest BCUT2D eigenvalue weighted by molar-refractivity contribution is 5.10. The minimum absolute atomic E-state index is 0.428. The van der Waals surface area contributed by atoms with Crippen LogP contribution in [0.1, 0.15) is 37.1 Å². The van der Waals surface area contributed by atoms with Crippen LogP contribution in [0.15, 0.2) is 6.07 Å². The van der Waals surface area contributed by atoms with Gasteiger partial charge in [-0.15, -0.1) is 0 Å². The van der Waals surface area contributed by atoms with Crippen LogP contribution in [0, 0.1) is 6.92 Å². The van der Waals surface area contributed by atoms with Gasteiger partial charge in [-0.2, -0.15) is 5.10 Å². The van der Waals surface area contributed by atoms with Crippen molar-refractivity contribution in [2.24, 2.45) is 12.8 Å². The Labute approximate surface area is 103 Å². The third-order valence-electron chi connectivity index (χ3n) is 4.36. The summed E-state index contributed by atoms with van der Waals surface area (Å²) in [5.41, 5.74) is 8.54. The molecule has 0 saturated carbocycles. The maximum Gasteiger partial charge on any atom is 0.0597 e. The lowest BCUT2D eigenvalue weighted by molar-refractivity contribution is 0.117. The van der Waals surface area contributed by atoms with Gasteiger partial charge in [-0.3, -0.25) is 9.58 Å². The monoisotopic (exact) mass is 234 g/mol. The zero-order chi connectivity index (χ0) is 12.0. The zero-order valence-corrected chi connectivity index (χ0v) is 10.8. The number of piperidine rings is 1. The molecule has 0 aromatic carbocycles. The minimum atomic E-state index is 0.428. The molecule has 3 rings (SSSR count). The molecule has 1 aromatic heterocycles. The molecule has 17 heavy (non-hydrogen) atoms. The number of rotatable bonds is 2. The fourth-order valence-electron chi connectivity index (χ4n) is 3.57. The van der Waals surface area contributed by atoms with Crippen LogP contribution in [-0.2, 0) is 13.6 Å². The van der Waals surface area contributed by atoms with Gasteiger partial charge < -0.3 is 5.73 Å². The zero-order valence-electron chi connectivity index (χ0n) is 10.8. The Morgan fingerprint density at radius 1 is 1.35 bits per heavy atom. The highest BCUT2D eigenvalue weighted by atomic mass is 15.3. The average Bonchev–Trinajstić information content (AvgIpc) is 2.68. The van der Waals surface area contributed by atoms with Gasteiger partial charge >= 0.3 is 0 Å². The van der Waals surface area contributed by atoms with Gasteiger partial charge in [0.05, 0.1) is 11.4 Å². The van der Waals surface area contributed by atoms with Gasteiger partial charge in [0.1, 0.15) is 0 Å². The van der Waals surface area contributed by atoms with Crippen molar-refractivity contribution in [2.75, 3.05) is 0 Å². The molecule has 2 unspecified atom stereocenters. The van der Waals surface area contributed by atoms with Crippen molar-refractivity contribution in [1.29, 1.82) is 0 Å². The van der Waals surface area contributed by atoms with Crippen molar-refractivity contribution < 1.29 is 0 Å². The molecule has 0 radical (unpaired) electrons. The van der Waals surface area contributed by atoms with E-state index in [0.717, 1.165) is 12.2 Å². The highest BCUT2D eigenvalue weighted by Gasteiger charge is 2.39. The number of hydrogen-bond donors (Lipinski definition) is 1. The Hall–Kier alpha value is -0.870. The van der Waals surface area contributed by atoms with Crippen molar-refractivity contribution in [3.63, 3.8) is 0 Å². The van der Waals surface area contributed by atoms with Crippen molar-refractivity contribution in [3.05, 3.63) is 17.5 Å². The fraction of sp³-hybridized carbons (Fsp3) is 0.769. The second kappa shape index (κ2) is 4.10. The summed E-state index contributed by atoms with van der Waals surface area (Å²) in [6.45, 7) is 3.10. The summed E-state index contributed by atoms with van der Waals surface area (Å²) in [5, 5.41) is 4.43. The molecular formula is C13H22N4. The van der Waals surface area contributed by atoms with E-state index in [-0.39, 0.29) is 0 Å². The van der Waals surface area contributed by atoms with E-state index < -0.39 is 0 Å². The van der Waals surface area contributed by atoms with Gasteiger partial charge in [0.15, 0.2) is 0 Å². The summed E-state index contributed by atoms with van der Waals surface area (Å²) in [5.74, 6) is 0. The molecule has 4 heteroatoms. The first-order valence-electron chi connectivity index (χ1n) is 6.64. The molecule has 0 amide bonds. The van der Waals surface area contributed by atoms with E-state index in [4.69, 9.17) is 5.73 Å². The van der Waals surface area contributed by atoms with Gasteiger partial charge in [-0.05, 0) is 38.7 Å². The third-order valence-corrected chi connectivity index (χ3v) is 4.36. The van der Waals surface area contributed by atoms with Crippen molar-refractivity contribution >= 4 is 0 Å². The standard InChI is InChI=1S/C13H22N4/c1-9-5-13(16(2)15-9)8-17-11-3-4-12(17)7-10(14)6-11/h5,10-12H,3-4,6-8,14H2,1-2H3. The number of aryl methyl sites for hydroxylation is 2. The molecule has 2 atom stereocenters. The Kier molecular flexibility index (Phi) is 2.71. The van der Waals surface area contributed by atoms with Crippen molar-refractivity contribution in [2.45, 2.75) is 57.3 Å². The van der Waals surface area contributed by atoms with Crippen LogP contribution >= 0.6 is 0 Å². The Balaban J connectivity index is 1.76. The Morgan fingerprint density at radius 3 is 2.53 bits per heavy atom. The van der Waals surface area contributed by atoms with Gasteiger partial charge in [-0.1, -0.05) is 0 Å². The number of hydrogen-bond acceptors (Lipinski definition) is 3. The van der Waals surface area contributed by atoms with E-state index in [1.165, 1.54) is 31.4 Å². The summed E-state index contributed by atoms with van der Waals surface area (Å²) in [6, 6.07) is 4.04. The van der Waals surface area contributed by atoms with Crippen LogP contribution in [0.25, 0.3) is 0 Å². The van der Waals surface area contributed by atoms with Crippen LogP contribution < -0.4 is 5.73 Å². The summed E-state index contributed by atoms with van der Waals surface area (Å²) >= 11 is 0. The van der Waals surface area contributed by atoms with Crippen LogP contribution in [-0.4, -0.2) is 32.8 Å². The number of aromatic nitrogens is 2. The minimum Gasteiger partial charge on any atom is -0.328 e. The molecule has 2 aliphatic rings. The second-order valence-corrected chi connectivity index (χ2v) is 5.69. The molecule has 0 aliphatic carbocycles. The quantitative estimate of drug-likeness (QED) is 0.836. The lowest BCUT2D eigenvalue weighted by Gasteiger charge is -2.37. The van der Waals surface area contributed by atoms with E-state index in [9.17, 15) is 0 Å². The molecule has 2 fully saturated rings. The normalized spacial score (nSPS) is 33.2. The number of nitrogens with two attached hydrogens (primary N) is 1. The largest absolute Gasteiger partial charge is 0.328 e. The first-order chi connectivity index (χ1) is 8.13. The molecule has 2 bridgehead atoms. The molecular weight excluding hydrogens is 212 g/mol. The molecule has 0 spiro atoms. The topological polar surface area (TPSA) is 47.1 Å². The number of nitrogens with zero attached hydrogens (tertiary/aromatic N) is 3. The smallest absolute Gasteiger partial charge is 0.0597 e. The highest BCUT2D eigenvalue weighted by Crippen LogP contribution is 2.36. The number of fused-ring (bicyclic) bond motifs is 2. The van der Waals surface area contributed by atoms with Gasteiger partial charge in [0.25, 0.3) is 0 Å². The SMILES string of the molecule is Cc1cc(CN2C3CCC2CC(N)C3)n(C)n1. The van der Waals surface area contributed by atoms with E-state index in [2.05, 4.69) is 23.0 Å². The fourth-order valence-corrected chi connectivity index (χ4v) is 3.57. The molecule has 1 aromatic rings. The Bertz CT molecular complexity index is 398.